The summed E-state index contributed by atoms with van der Waals surface area (Å²) in [6.45, 7) is 0.552. The van der Waals surface area contributed by atoms with E-state index in [9.17, 15) is 9.90 Å². The summed E-state index contributed by atoms with van der Waals surface area (Å²) >= 11 is 6.76. The Balaban J connectivity index is 1.65. The number of aromatic hydroxyl groups is 1. The molecule has 26 heavy (non-hydrogen) atoms. The van der Waals surface area contributed by atoms with Gasteiger partial charge in [0.25, 0.3) is 5.91 Å². The van der Waals surface area contributed by atoms with Crippen molar-refractivity contribution in [2.24, 2.45) is 5.10 Å². The predicted molar refractivity (Wildman–Crippen MR) is 106 cm³/mol. The van der Waals surface area contributed by atoms with Crippen LogP contribution in [0.5, 0.6) is 5.75 Å². The van der Waals surface area contributed by atoms with E-state index in [1.165, 1.54) is 6.21 Å². The maximum atomic E-state index is 12.2. The van der Waals surface area contributed by atoms with Crippen LogP contribution in [0.3, 0.4) is 0 Å². The van der Waals surface area contributed by atoms with Crippen LogP contribution in [0, 0.1) is 0 Å². The van der Waals surface area contributed by atoms with Crippen LogP contribution in [0.1, 0.15) is 21.6 Å². The highest BCUT2D eigenvalue weighted by Crippen LogP contribution is 2.17. The van der Waals surface area contributed by atoms with Crippen molar-refractivity contribution in [3.8, 4) is 5.75 Å². The lowest BCUT2D eigenvalue weighted by molar-refractivity contribution is 0.0948. The lowest BCUT2D eigenvalue weighted by Crippen LogP contribution is -2.19. The molecule has 0 spiro atoms. The van der Waals surface area contributed by atoms with E-state index in [1.54, 1.807) is 35.1 Å². The molecule has 132 valence electrons. The minimum atomic E-state index is -0.415. The Kier molecular flexibility index (Phi) is 5.85. The molecule has 3 aromatic rings. The number of benzene rings is 2. The standard InChI is InChI=1S/C18H14Br2N4O2/c19-14-5-1-13(2-6-14)10-24-11-16(20)17(23-24)18(26)22-21-9-12-3-7-15(25)8-4-12/h1-9,11,25H,10H2,(H,22,26)/b21-9-. The zero-order chi connectivity index (χ0) is 18.5. The van der Waals surface area contributed by atoms with Crippen LogP contribution >= 0.6 is 31.9 Å². The van der Waals surface area contributed by atoms with E-state index in [2.05, 4.69) is 47.5 Å². The van der Waals surface area contributed by atoms with Gasteiger partial charge in [0.1, 0.15) is 5.75 Å². The monoisotopic (exact) mass is 476 g/mol. The molecule has 0 aliphatic rings. The highest BCUT2D eigenvalue weighted by Gasteiger charge is 2.14. The number of nitrogens with one attached hydrogen (secondary N) is 1. The third-order valence-corrected chi connectivity index (χ3v) is 4.57. The quantitative estimate of drug-likeness (QED) is 0.431. The molecule has 0 bridgehead atoms. The first-order valence-corrected chi connectivity index (χ1v) is 9.20. The first kappa shape index (κ1) is 18.3. The summed E-state index contributed by atoms with van der Waals surface area (Å²) < 4.78 is 3.28. The molecular formula is C18H14Br2N4O2. The number of halogens is 2. The van der Waals surface area contributed by atoms with Gasteiger partial charge >= 0.3 is 0 Å². The molecule has 1 aromatic heterocycles. The summed E-state index contributed by atoms with van der Waals surface area (Å²) in [5, 5.41) is 17.5. The molecule has 2 aromatic carbocycles. The van der Waals surface area contributed by atoms with Gasteiger partial charge in [0.2, 0.25) is 0 Å². The average Bonchev–Trinajstić information content (AvgIpc) is 2.99. The number of phenolic OH excluding ortho intramolecular Hbond substituents is 1. The van der Waals surface area contributed by atoms with Crippen LogP contribution in [0.2, 0.25) is 0 Å². The van der Waals surface area contributed by atoms with Gasteiger partial charge in [-0.2, -0.15) is 10.2 Å². The van der Waals surface area contributed by atoms with Gasteiger partial charge in [-0.1, -0.05) is 28.1 Å². The van der Waals surface area contributed by atoms with Gasteiger partial charge in [-0.25, -0.2) is 5.43 Å². The van der Waals surface area contributed by atoms with Crippen molar-refractivity contribution in [1.29, 1.82) is 0 Å². The minimum Gasteiger partial charge on any atom is -0.508 e. The van der Waals surface area contributed by atoms with Crippen molar-refractivity contribution in [3.63, 3.8) is 0 Å². The minimum absolute atomic E-state index is 0.173. The van der Waals surface area contributed by atoms with Crippen molar-refractivity contribution >= 4 is 44.0 Å². The Bertz CT molecular complexity index is 935. The molecule has 6 nitrogen and oxygen atoms in total. The average molecular weight is 478 g/mol. The SMILES string of the molecule is O=C(N/N=C\c1ccc(O)cc1)c1nn(Cc2ccc(Br)cc2)cc1Br. The van der Waals surface area contributed by atoms with E-state index in [4.69, 9.17) is 0 Å². The summed E-state index contributed by atoms with van der Waals surface area (Å²) in [4.78, 5) is 12.2. The molecule has 8 heteroatoms. The lowest BCUT2D eigenvalue weighted by Gasteiger charge is -2.02. The van der Waals surface area contributed by atoms with Crippen molar-refractivity contribution in [1.82, 2.24) is 15.2 Å². The summed E-state index contributed by atoms with van der Waals surface area (Å²) in [6.07, 6.45) is 3.24. The van der Waals surface area contributed by atoms with Crippen LogP contribution in [0.25, 0.3) is 0 Å². The Morgan fingerprint density at radius 1 is 1.15 bits per heavy atom. The normalized spacial score (nSPS) is 11.0. The molecule has 1 amide bonds. The Morgan fingerprint density at radius 2 is 1.85 bits per heavy atom. The molecule has 2 N–H and O–H groups in total. The van der Waals surface area contributed by atoms with E-state index >= 15 is 0 Å². The molecule has 1 heterocycles. The lowest BCUT2D eigenvalue weighted by atomic mass is 10.2. The Labute approximate surface area is 166 Å². The molecule has 0 radical (unpaired) electrons. The van der Waals surface area contributed by atoms with Gasteiger partial charge in [0, 0.05) is 10.7 Å². The largest absolute Gasteiger partial charge is 0.508 e. The number of carbonyl (C=O) groups excluding carboxylic acids is 1. The van der Waals surface area contributed by atoms with E-state index in [1.807, 2.05) is 24.3 Å². The number of rotatable bonds is 5. The first-order valence-electron chi connectivity index (χ1n) is 7.61. The summed E-state index contributed by atoms with van der Waals surface area (Å²) in [5.74, 6) is -0.243. The van der Waals surface area contributed by atoms with Gasteiger partial charge < -0.3 is 5.11 Å². The third kappa shape index (κ3) is 4.80. The van der Waals surface area contributed by atoms with Crippen LogP contribution in [-0.2, 0) is 6.54 Å². The maximum absolute atomic E-state index is 12.2. The molecule has 0 saturated carbocycles. The number of carbonyl (C=O) groups is 1. The second kappa shape index (κ2) is 8.29. The number of hydrogen-bond donors (Lipinski definition) is 2. The van der Waals surface area contributed by atoms with Gasteiger partial charge in [-0.05, 0) is 63.5 Å². The summed E-state index contributed by atoms with van der Waals surface area (Å²) in [6, 6.07) is 14.4. The summed E-state index contributed by atoms with van der Waals surface area (Å²) in [7, 11) is 0. The number of nitrogens with zero attached hydrogens (tertiary/aromatic N) is 3. The number of hydrazone groups is 1. The van der Waals surface area contributed by atoms with Crippen LogP contribution in [0.15, 0.2) is 68.8 Å². The topological polar surface area (TPSA) is 79.5 Å². The van der Waals surface area contributed by atoms with E-state index in [0.29, 0.717) is 11.0 Å². The van der Waals surface area contributed by atoms with Crippen LogP contribution in [-0.4, -0.2) is 27.0 Å². The first-order chi connectivity index (χ1) is 12.5. The zero-order valence-corrected chi connectivity index (χ0v) is 16.6. The van der Waals surface area contributed by atoms with Crippen molar-refractivity contribution < 1.29 is 9.90 Å². The van der Waals surface area contributed by atoms with E-state index in [0.717, 1.165) is 15.6 Å². The fourth-order valence-corrected chi connectivity index (χ4v) is 2.95. The molecule has 0 unspecified atom stereocenters. The molecule has 0 aliphatic heterocycles. The zero-order valence-electron chi connectivity index (χ0n) is 13.4. The Hall–Kier alpha value is -2.45. The van der Waals surface area contributed by atoms with Crippen LogP contribution in [0.4, 0.5) is 0 Å². The van der Waals surface area contributed by atoms with E-state index in [-0.39, 0.29) is 11.4 Å². The third-order valence-electron chi connectivity index (χ3n) is 3.46. The van der Waals surface area contributed by atoms with Crippen molar-refractivity contribution in [2.45, 2.75) is 6.54 Å². The van der Waals surface area contributed by atoms with Gasteiger partial charge in [-0.15, -0.1) is 0 Å². The molecule has 0 atom stereocenters. The molecule has 0 aliphatic carbocycles. The fourth-order valence-electron chi connectivity index (χ4n) is 2.19. The second-order valence-corrected chi connectivity index (χ2v) is 7.21. The number of hydrogen-bond acceptors (Lipinski definition) is 4. The van der Waals surface area contributed by atoms with Gasteiger partial charge in [0.15, 0.2) is 5.69 Å². The maximum Gasteiger partial charge on any atom is 0.293 e. The molecule has 0 saturated heterocycles. The number of aromatic nitrogens is 2. The molecular weight excluding hydrogens is 464 g/mol. The highest BCUT2D eigenvalue weighted by molar-refractivity contribution is 9.10. The molecule has 0 fully saturated rings. The summed E-state index contributed by atoms with van der Waals surface area (Å²) in [5.41, 5.74) is 4.52. The highest BCUT2D eigenvalue weighted by atomic mass is 79.9. The van der Waals surface area contributed by atoms with Gasteiger partial charge in [0.05, 0.1) is 17.2 Å². The second-order valence-electron chi connectivity index (χ2n) is 5.44. The van der Waals surface area contributed by atoms with E-state index < -0.39 is 5.91 Å². The number of amides is 1. The fraction of sp³-hybridized carbons (Fsp3) is 0.0556. The van der Waals surface area contributed by atoms with Crippen LogP contribution < -0.4 is 5.43 Å². The van der Waals surface area contributed by atoms with Crippen molar-refractivity contribution in [3.05, 3.63) is 80.5 Å². The van der Waals surface area contributed by atoms with Crippen molar-refractivity contribution in [2.75, 3.05) is 0 Å². The molecule has 3 rings (SSSR count). The Morgan fingerprint density at radius 3 is 2.54 bits per heavy atom. The number of phenols is 1. The predicted octanol–water partition coefficient (Wildman–Crippen LogP) is 3.93. The van der Waals surface area contributed by atoms with Gasteiger partial charge in [-0.3, -0.25) is 9.48 Å². The smallest absolute Gasteiger partial charge is 0.293 e.